The van der Waals surface area contributed by atoms with Crippen molar-refractivity contribution in [2.24, 2.45) is 23.2 Å². The molecule has 1 aliphatic heterocycles. The minimum absolute atomic E-state index is 0.0840. The van der Waals surface area contributed by atoms with E-state index in [1.807, 2.05) is 13.8 Å². The molecular formula is C37H66O6Si2. The van der Waals surface area contributed by atoms with Gasteiger partial charge < -0.3 is 18.3 Å². The van der Waals surface area contributed by atoms with Crippen molar-refractivity contribution in [3.8, 4) is 0 Å². The Bertz CT molecular complexity index is 1110. The molecule has 0 aromatic heterocycles. The van der Waals surface area contributed by atoms with Crippen molar-refractivity contribution in [2.45, 2.75) is 175 Å². The van der Waals surface area contributed by atoms with Gasteiger partial charge in [-0.1, -0.05) is 80.0 Å². The van der Waals surface area contributed by atoms with Crippen LogP contribution in [-0.2, 0) is 27.9 Å². The third-order valence-corrected chi connectivity index (χ3v) is 20.6. The summed E-state index contributed by atoms with van der Waals surface area (Å²) < 4.78 is 26.0. The topological polar surface area (TPSA) is 71.1 Å². The number of fused-ring (bicyclic) bond motifs is 1. The lowest BCUT2D eigenvalue weighted by molar-refractivity contribution is -0.166. The average molecular weight is 663 g/mol. The molecule has 7 atom stereocenters. The Morgan fingerprint density at radius 1 is 0.933 bits per heavy atom. The quantitative estimate of drug-likeness (QED) is 0.162. The number of hydrogen-bond acceptors (Lipinski definition) is 6. The van der Waals surface area contributed by atoms with Crippen molar-refractivity contribution < 1.29 is 27.9 Å². The van der Waals surface area contributed by atoms with Gasteiger partial charge in [-0.05, 0) is 86.8 Å². The van der Waals surface area contributed by atoms with Crippen LogP contribution < -0.4 is 0 Å². The lowest BCUT2D eigenvalue weighted by Gasteiger charge is -2.46. The van der Waals surface area contributed by atoms with Gasteiger partial charge in [0.25, 0.3) is 0 Å². The molecule has 1 heterocycles. The van der Waals surface area contributed by atoms with Gasteiger partial charge in [-0.25, -0.2) is 0 Å². The lowest BCUT2D eigenvalue weighted by Crippen LogP contribution is -2.49. The predicted octanol–water partition coefficient (Wildman–Crippen LogP) is 9.76. The smallest absolute Gasteiger partial charge is 0.311 e. The Kier molecular flexibility index (Phi) is 12.0. The van der Waals surface area contributed by atoms with Crippen molar-refractivity contribution >= 4 is 28.6 Å². The Morgan fingerprint density at radius 2 is 1.53 bits per heavy atom. The minimum Gasteiger partial charge on any atom is -0.462 e. The molecule has 0 spiro atoms. The number of rotatable bonds is 11. The molecule has 45 heavy (non-hydrogen) atoms. The van der Waals surface area contributed by atoms with Gasteiger partial charge in [0.1, 0.15) is 12.2 Å². The Morgan fingerprint density at radius 3 is 2.11 bits per heavy atom. The minimum atomic E-state index is -2.04. The summed E-state index contributed by atoms with van der Waals surface area (Å²) in [5, 5.41) is 0.169. The van der Waals surface area contributed by atoms with E-state index in [1.54, 1.807) is 0 Å². The van der Waals surface area contributed by atoms with Gasteiger partial charge in [-0.3, -0.25) is 9.59 Å². The van der Waals surface area contributed by atoms with E-state index in [0.29, 0.717) is 18.8 Å². The molecule has 1 saturated heterocycles. The highest BCUT2D eigenvalue weighted by Crippen LogP contribution is 2.47. The second-order valence-electron chi connectivity index (χ2n) is 17.9. The monoisotopic (exact) mass is 662 g/mol. The third kappa shape index (κ3) is 9.44. The van der Waals surface area contributed by atoms with Crippen LogP contribution in [0, 0.1) is 23.2 Å². The van der Waals surface area contributed by atoms with Crippen molar-refractivity contribution in [1.82, 2.24) is 0 Å². The summed E-state index contributed by atoms with van der Waals surface area (Å²) in [5.74, 6) is 0.398. The SMILES string of the molecule is CCCC(C)(C)C(=O)OC1CC(O[Si](C)(C)C(C)(C)C)C=C2C=CC(C)C(CCC3CC(O[Si](C)(C)C(C)(C)C)CC(=O)O3)C21. The van der Waals surface area contributed by atoms with Crippen molar-refractivity contribution in [3.05, 3.63) is 23.8 Å². The highest BCUT2D eigenvalue weighted by molar-refractivity contribution is 6.74. The number of allylic oxidation sites excluding steroid dienone is 2. The Balaban J connectivity index is 1.85. The van der Waals surface area contributed by atoms with Gasteiger partial charge in [0.2, 0.25) is 0 Å². The maximum Gasteiger partial charge on any atom is 0.311 e. The zero-order valence-electron chi connectivity index (χ0n) is 31.2. The van der Waals surface area contributed by atoms with Gasteiger partial charge in [-0.15, -0.1) is 0 Å². The van der Waals surface area contributed by atoms with Gasteiger partial charge in [0.15, 0.2) is 16.6 Å². The van der Waals surface area contributed by atoms with E-state index < -0.39 is 22.0 Å². The average Bonchev–Trinajstić information content (AvgIpc) is 2.86. The second-order valence-corrected chi connectivity index (χ2v) is 27.4. The molecule has 8 heteroatoms. The van der Waals surface area contributed by atoms with Crippen LogP contribution in [0.1, 0.15) is 114 Å². The van der Waals surface area contributed by atoms with E-state index in [4.69, 9.17) is 18.3 Å². The number of carbonyl (C=O) groups excluding carboxylic acids is 2. The van der Waals surface area contributed by atoms with Crippen LogP contribution in [0.25, 0.3) is 0 Å². The van der Waals surface area contributed by atoms with Crippen molar-refractivity contribution in [3.63, 3.8) is 0 Å². The molecule has 0 amide bonds. The maximum absolute atomic E-state index is 13.6. The first-order valence-electron chi connectivity index (χ1n) is 17.6. The van der Waals surface area contributed by atoms with Crippen LogP contribution in [0.2, 0.25) is 36.3 Å². The van der Waals surface area contributed by atoms with Gasteiger partial charge >= 0.3 is 11.9 Å². The standard InChI is InChI=1S/C37H66O6Si2/c1-15-20-37(9,10)34(39)41-31-23-28(42-44(11,12)35(3,4)5)21-26-17-16-25(2)30(33(26)31)19-18-27-22-29(24-32(38)40-27)43-45(13,14)36(6,7)8/h16-17,21,25,27-31,33H,15,18-20,22-24H2,1-14H3. The molecule has 3 aliphatic rings. The van der Waals surface area contributed by atoms with Crippen LogP contribution >= 0.6 is 0 Å². The zero-order valence-corrected chi connectivity index (χ0v) is 33.2. The molecule has 0 N–H and O–H groups in total. The summed E-state index contributed by atoms with van der Waals surface area (Å²) in [4.78, 5) is 26.4. The second kappa shape index (κ2) is 14.1. The maximum atomic E-state index is 13.6. The molecule has 0 saturated carbocycles. The number of carbonyl (C=O) groups is 2. The number of ether oxygens (including phenoxy) is 2. The predicted molar refractivity (Wildman–Crippen MR) is 189 cm³/mol. The van der Waals surface area contributed by atoms with E-state index in [-0.39, 0.29) is 58.3 Å². The number of hydrogen-bond donors (Lipinski definition) is 0. The molecule has 2 aliphatic carbocycles. The fourth-order valence-electron chi connectivity index (χ4n) is 6.71. The number of esters is 2. The van der Waals surface area contributed by atoms with E-state index in [0.717, 1.165) is 32.1 Å². The Labute approximate surface area is 277 Å². The molecule has 7 unspecified atom stereocenters. The van der Waals surface area contributed by atoms with E-state index in [1.165, 1.54) is 5.57 Å². The molecule has 0 radical (unpaired) electrons. The summed E-state index contributed by atoms with van der Waals surface area (Å²) >= 11 is 0. The number of cyclic esters (lactones) is 1. The first kappa shape index (κ1) is 38.2. The fraction of sp³-hybridized carbons (Fsp3) is 0.838. The van der Waals surface area contributed by atoms with Crippen LogP contribution in [0.5, 0.6) is 0 Å². The normalized spacial score (nSPS) is 30.0. The molecule has 0 aromatic rings. The van der Waals surface area contributed by atoms with Gasteiger partial charge in [-0.2, -0.15) is 0 Å². The molecule has 258 valence electrons. The van der Waals surface area contributed by atoms with E-state index >= 15 is 0 Å². The molecule has 3 rings (SSSR count). The summed E-state index contributed by atoms with van der Waals surface area (Å²) in [7, 11) is -4.05. The highest BCUT2D eigenvalue weighted by atomic mass is 28.4. The molecule has 1 fully saturated rings. The Hall–Kier alpha value is -1.23. The molecule has 0 aromatic carbocycles. The van der Waals surface area contributed by atoms with Crippen molar-refractivity contribution in [1.29, 1.82) is 0 Å². The van der Waals surface area contributed by atoms with Crippen LogP contribution in [0.15, 0.2) is 23.8 Å². The summed E-state index contributed by atoms with van der Waals surface area (Å²) in [6.45, 7) is 31.0. The molecule has 6 nitrogen and oxygen atoms in total. The van der Waals surface area contributed by atoms with Crippen molar-refractivity contribution in [2.75, 3.05) is 0 Å². The van der Waals surface area contributed by atoms with E-state index in [9.17, 15) is 9.59 Å². The van der Waals surface area contributed by atoms with E-state index in [2.05, 4.69) is 99.8 Å². The summed E-state index contributed by atoms with van der Waals surface area (Å²) in [5.41, 5.74) is 0.686. The first-order valence-corrected chi connectivity index (χ1v) is 23.4. The van der Waals surface area contributed by atoms with Gasteiger partial charge in [0.05, 0.1) is 24.0 Å². The van der Waals surface area contributed by atoms with Crippen LogP contribution in [0.4, 0.5) is 0 Å². The summed E-state index contributed by atoms with van der Waals surface area (Å²) in [6.07, 6.45) is 11.4. The molecular weight excluding hydrogens is 597 g/mol. The summed E-state index contributed by atoms with van der Waals surface area (Å²) in [6, 6.07) is 0. The van der Waals surface area contributed by atoms with Gasteiger partial charge in [0, 0.05) is 18.8 Å². The van der Waals surface area contributed by atoms with Crippen LogP contribution in [0.3, 0.4) is 0 Å². The largest absolute Gasteiger partial charge is 0.462 e. The first-order chi connectivity index (χ1) is 20.5. The van der Waals surface area contributed by atoms with Crippen LogP contribution in [-0.4, -0.2) is 53.0 Å². The molecule has 0 bridgehead atoms. The zero-order chi connectivity index (χ0) is 34.2. The lowest BCUT2D eigenvalue weighted by atomic mass is 9.66. The third-order valence-electron chi connectivity index (χ3n) is 11.6. The highest BCUT2D eigenvalue weighted by Gasteiger charge is 2.47. The fourth-order valence-corrected chi connectivity index (χ4v) is 9.36.